The van der Waals surface area contributed by atoms with Gasteiger partial charge >= 0.3 is 0 Å². The Morgan fingerprint density at radius 3 is 2.89 bits per heavy atom. The summed E-state index contributed by atoms with van der Waals surface area (Å²) in [5.74, 6) is 2.96. The van der Waals surface area contributed by atoms with Crippen molar-refractivity contribution in [2.45, 2.75) is 32.9 Å². The fraction of sp³-hybridized carbons (Fsp3) is 0.375. The van der Waals surface area contributed by atoms with Gasteiger partial charge in [-0.3, -0.25) is 0 Å². The van der Waals surface area contributed by atoms with Crippen molar-refractivity contribution in [1.82, 2.24) is 5.32 Å². The molecule has 0 bridgehead atoms. The van der Waals surface area contributed by atoms with Crippen molar-refractivity contribution in [2.24, 2.45) is 0 Å². The van der Waals surface area contributed by atoms with Crippen LogP contribution in [0.2, 0.25) is 0 Å². The predicted octanol–water partition coefficient (Wildman–Crippen LogP) is 2.99. The van der Waals surface area contributed by atoms with Crippen LogP contribution < -0.4 is 10.1 Å². The third kappa shape index (κ3) is 2.82. The van der Waals surface area contributed by atoms with Crippen molar-refractivity contribution in [2.75, 3.05) is 6.54 Å². The van der Waals surface area contributed by atoms with E-state index in [2.05, 4.69) is 30.4 Å². The van der Waals surface area contributed by atoms with E-state index in [9.17, 15) is 0 Å². The number of furan rings is 1. The van der Waals surface area contributed by atoms with Crippen LogP contribution in [0.3, 0.4) is 0 Å². The highest BCUT2D eigenvalue weighted by molar-refractivity contribution is 5.40. The van der Waals surface area contributed by atoms with Crippen LogP contribution in [0.4, 0.5) is 0 Å². The fourth-order valence-corrected chi connectivity index (χ4v) is 2.50. The lowest BCUT2D eigenvalue weighted by molar-refractivity contribution is 0.225. The molecule has 2 aromatic rings. The van der Waals surface area contributed by atoms with Crippen molar-refractivity contribution in [3.63, 3.8) is 0 Å². The smallest absolute Gasteiger partial charge is 0.123 e. The Bertz CT molecular complexity index is 574. The molecule has 0 fully saturated rings. The van der Waals surface area contributed by atoms with Crippen LogP contribution in [0, 0.1) is 13.8 Å². The summed E-state index contributed by atoms with van der Waals surface area (Å²) in [7, 11) is 0. The monoisotopic (exact) mass is 257 g/mol. The van der Waals surface area contributed by atoms with Gasteiger partial charge in [-0.15, -0.1) is 0 Å². The van der Waals surface area contributed by atoms with Gasteiger partial charge in [0.1, 0.15) is 23.4 Å². The van der Waals surface area contributed by atoms with Gasteiger partial charge in [0.05, 0.1) is 6.54 Å². The Hall–Kier alpha value is -1.74. The standard InChI is InChI=1S/C16H19NO2/c1-11-3-6-16-13(7-11)8-15(19-16)10-17-9-14-5-4-12(2)18-14/h3-7,15,17H,8-10H2,1-2H3. The van der Waals surface area contributed by atoms with Crippen LogP contribution in [-0.2, 0) is 13.0 Å². The van der Waals surface area contributed by atoms with Gasteiger partial charge in [-0.05, 0) is 37.6 Å². The minimum atomic E-state index is 0.229. The first-order chi connectivity index (χ1) is 9.20. The first kappa shape index (κ1) is 12.3. The number of benzene rings is 1. The molecule has 0 saturated heterocycles. The second-order valence-electron chi connectivity index (χ2n) is 5.20. The summed E-state index contributed by atoms with van der Waals surface area (Å²) in [6.45, 7) is 5.67. The molecular formula is C16H19NO2. The SMILES string of the molecule is Cc1ccc2c(c1)CC(CNCc1ccc(C)o1)O2. The van der Waals surface area contributed by atoms with E-state index in [1.54, 1.807) is 0 Å². The van der Waals surface area contributed by atoms with E-state index in [0.717, 1.165) is 36.8 Å². The maximum absolute atomic E-state index is 5.91. The molecule has 1 atom stereocenters. The first-order valence-corrected chi connectivity index (χ1v) is 6.73. The Morgan fingerprint density at radius 2 is 2.11 bits per heavy atom. The summed E-state index contributed by atoms with van der Waals surface area (Å²) in [5.41, 5.74) is 2.61. The maximum Gasteiger partial charge on any atom is 0.123 e. The molecule has 0 radical (unpaired) electrons. The molecule has 0 saturated carbocycles. The molecular weight excluding hydrogens is 238 g/mol. The van der Waals surface area contributed by atoms with E-state index >= 15 is 0 Å². The molecule has 3 nitrogen and oxygen atoms in total. The second-order valence-corrected chi connectivity index (χ2v) is 5.20. The van der Waals surface area contributed by atoms with Crippen LogP contribution in [0.5, 0.6) is 5.75 Å². The summed E-state index contributed by atoms with van der Waals surface area (Å²) >= 11 is 0. The van der Waals surface area contributed by atoms with Crippen molar-refractivity contribution in [3.05, 3.63) is 53.0 Å². The Balaban J connectivity index is 1.51. The van der Waals surface area contributed by atoms with Gasteiger partial charge in [-0.1, -0.05) is 17.7 Å². The molecule has 19 heavy (non-hydrogen) atoms. The number of rotatable bonds is 4. The molecule has 0 spiro atoms. The van der Waals surface area contributed by atoms with E-state index in [1.807, 2.05) is 19.1 Å². The molecule has 3 rings (SSSR count). The van der Waals surface area contributed by atoms with E-state index in [4.69, 9.17) is 9.15 Å². The van der Waals surface area contributed by atoms with E-state index in [0.29, 0.717) is 0 Å². The Kier molecular flexibility index (Phi) is 3.30. The van der Waals surface area contributed by atoms with Gasteiger partial charge in [0.2, 0.25) is 0 Å². The highest BCUT2D eigenvalue weighted by Crippen LogP contribution is 2.29. The van der Waals surface area contributed by atoms with Gasteiger partial charge in [0, 0.05) is 13.0 Å². The van der Waals surface area contributed by atoms with Crippen LogP contribution in [-0.4, -0.2) is 12.6 Å². The van der Waals surface area contributed by atoms with Crippen molar-refractivity contribution in [1.29, 1.82) is 0 Å². The fourth-order valence-electron chi connectivity index (χ4n) is 2.50. The molecule has 100 valence electrons. The van der Waals surface area contributed by atoms with Crippen LogP contribution in [0.25, 0.3) is 0 Å². The zero-order valence-electron chi connectivity index (χ0n) is 11.4. The second kappa shape index (κ2) is 5.10. The zero-order valence-corrected chi connectivity index (χ0v) is 11.4. The summed E-state index contributed by atoms with van der Waals surface area (Å²) in [6.07, 6.45) is 1.22. The van der Waals surface area contributed by atoms with E-state index in [-0.39, 0.29) is 6.10 Å². The first-order valence-electron chi connectivity index (χ1n) is 6.73. The number of nitrogens with one attached hydrogen (secondary N) is 1. The molecule has 0 aliphatic carbocycles. The summed E-state index contributed by atoms with van der Waals surface area (Å²) in [6, 6.07) is 10.4. The van der Waals surface area contributed by atoms with Gasteiger partial charge in [0.15, 0.2) is 0 Å². The maximum atomic E-state index is 5.91. The summed E-state index contributed by atoms with van der Waals surface area (Å²) < 4.78 is 11.4. The van der Waals surface area contributed by atoms with Gasteiger partial charge < -0.3 is 14.5 Å². The molecule has 3 heteroatoms. The minimum absolute atomic E-state index is 0.229. The number of hydrogen-bond acceptors (Lipinski definition) is 3. The number of ether oxygens (including phenoxy) is 1. The zero-order chi connectivity index (χ0) is 13.2. The molecule has 1 N–H and O–H groups in total. The quantitative estimate of drug-likeness (QED) is 0.914. The Labute approximate surface area is 113 Å². The molecule has 1 aromatic heterocycles. The number of fused-ring (bicyclic) bond motifs is 1. The van der Waals surface area contributed by atoms with Crippen LogP contribution >= 0.6 is 0 Å². The summed E-state index contributed by atoms with van der Waals surface area (Å²) in [5, 5.41) is 3.39. The average Bonchev–Trinajstić information content (AvgIpc) is 2.95. The number of aryl methyl sites for hydroxylation is 2. The third-order valence-electron chi connectivity index (χ3n) is 3.42. The van der Waals surface area contributed by atoms with Gasteiger partial charge in [0.25, 0.3) is 0 Å². The van der Waals surface area contributed by atoms with Crippen LogP contribution in [0.1, 0.15) is 22.6 Å². The lowest BCUT2D eigenvalue weighted by Crippen LogP contribution is -2.29. The Morgan fingerprint density at radius 1 is 1.21 bits per heavy atom. The molecule has 1 aliphatic heterocycles. The number of hydrogen-bond donors (Lipinski definition) is 1. The lowest BCUT2D eigenvalue weighted by Gasteiger charge is -2.10. The molecule has 1 unspecified atom stereocenters. The normalized spacial score (nSPS) is 17.3. The topological polar surface area (TPSA) is 34.4 Å². The van der Waals surface area contributed by atoms with Crippen molar-refractivity contribution in [3.8, 4) is 5.75 Å². The van der Waals surface area contributed by atoms with Crippen molar-refractivity contribution >= 4 is 0 Å². The summed E-state index contributed by atoms with van der Waals surface area (Å²) in [4.78, 5) is 0. The average molecular weight is 257 g/mol. The van der Waals surface area contributed by atoms with E-state index in [1.165, 1.54) is 11.1 Å². The van der Waals surface area contributed by atoms with Crippen molar-refractivity contribution < 1.29 is 9.15 Å². The molecule has 2 heterocycles. The predicted molar refractivity (Wildman–Crippen MR) is 74.5 cm³/mol. The molecule has 0 amide bonds. The molecule has 1 aliphatic rings. The highest BCUT2D eigenvalue weighted by Gasteiger charge is 2.22. The third-order valence-corrected chi connectivity index (χ3v) is 3.42. The largest absolute Gasteiger partial charge is 0.488 e. The van der Waals surface area contributed by atoms with Crippen LogP contribution in [0.15, 0.2) is 34.7 Å². The lowest BCUT2D eigenvalue weighted by atomic mass is 10.1. The highest BCUT2D eigenvalue weighted by atomic mass is 16.5. The minimum Gasteiger partial charge on any atom is -0.488 e. The van der Waals surface area contributed by atoms with Gasteiger partial charge in [-0.2, -0.15) is 0 Å². The van der Waals surface area contributed by atoms with E-state index < -0.39 is 0 Å². The molecule has 1 aromatic carbocycles. The van der Waals surface area contributed by atoms with Gasteiger partial charge in [-0.25, -0.2) is 0 Å².